The highest BCUT2D eigenvalue weighted by Crippen LogP contribution is 2.28. The van der Waals surface area contributed by atoms with Crippen molar-refractivity contribution in [3.05, 3.63) is 24.6 Å². The van der Waals surface area contributed by atoms with Gasteiger partial charge >= 0.3 is 0 Å². The van der Waals surface area contributed by atoms with Crippen LogP contribution in [0.25, 0.3) is 0 Å². The van der Waals surface area contributed by atoms with Crippen molar-refractivity contribution in [2.45, 2.75) is 12.3 Å². The van der Waals surface area contributed by atoms with Crippen molar-refractivity contribution in [1.29, 1.82) is 0 Å². The minimum atomic E-state index is -2.47. The van der Waals surface area contributed by atoms with Crippen molar-refractivity contribution in [2.75, 3.05) is 0 Å². The van der Waals surface area contributed by atoms with Gasteiger partial charge in [-0.3, -0.25) is 0 Å². The van der Waals surface area contributed by atoms with Gasteiger partial charge in [-0.15, -0.1) is 11.6 Å². The molecule has 1 heterocycles. The number of nitrogens with zero attached hydrogens (tertiary/aromatic N) is 1. The number of pyridine rings is 1. The van der Waals surface area contributed by atoms with Crippen molar-refractivity contribution in [3.63, 3.8) is 0 Å². The van der Waals surface area contributed by atoms with Crippen molar-refractivity contribution in [3.8, 4) is 0 Å². The summed E-state index contributed by atoms with van der Waals surface area (Å²) in [5, 5.41) is 0. The maximum absolute atomic E-state index is 12.4. The summed E-state index contributed by atoms with van der Waals surface area (Å²) in [6.45, 7) is 0. The molecule has 1 aromatic rings. The molecule has 0 bridgehead atoms. The highest BCUT2D eigenvalue weighted by molar-refractivity contribution is 14.1. The largest absolute Gasteiger partial charge is 0.265 e. The molecule has 13 heavy (non-hydrogen) atoms. The van der Waals surface area contributed by atoms with E-state index in [1.165, 1.54) is 6.07 Å². The second-order valence-corrected chi connectivity index (χ2v) is 4.68. The first kappa shape index (κ1) is 11.8. The van der Waals surface area contributed by atoms with Gasteiger partial charge < -0.3 is 0 Å². The van der Waals surface area contributed by atoms with Crippen LogP contribution in [0.1, 0.15) is 17.7 Å². The van der Waals surface area contributed by atoms with Gasteiger partial charge in [-0.05, 0) is 51.2 Å². The molecule has 0 spiro atoms. The lowest BCUT2D eigenvalue weighted by Crippen LogP contribution is -2.00. The zero-order chi connectivity index (χ0) is 10.0. The van der Waals surface area contributed by atoms with Crippen LogP contribution in [0.3, 0.4) is 0 Å². The van der Waals surface area contributed by atoms with Crippen LogP contribution >= 0.6 is 56.8 Å². The Balaban J connectivity index is 3.27. The lowest BCUT2D eigenvalue weighted by molar-refractivity contribution is 0.150. The monoisotopic (exact) mass is 429 g/mol. The summed E-state index contributed by atoms with van der Waals surface area (Å²) in [5.41, 5.74) is 0.528. The van der Waals surface area contributed by atoms with Gasteiger partial charge in [0.2, 0.25) is 0 Å². The third-order valence-corrected chi connectivity index (χ3v) is 3.44. The van der Waals surface area contributed by atoms with E-state index in [0.29, 0.717) is 13.0 Å². The van der Waals surface area contributed by atoms with Gasteiger partial charge in [-0.1, -0.05) is 0 Å². The van der Waals surface area contributed by atoms with Crippen LogP contribution in [0.2, 0.25) is 0 Å². The highest BCUT2D eigenvalue weighted by atomic mass is 127. The Hall–Kier alpha value is 0.760. The van der Waals surface area contributed by atoms with Crippen molar-refractivity contribution in [1.82, 2.24) is 4.98 Å². The van der Waals surface area contributed by atoms with E-state index in [-0.39, 0.29) is 11.4 Å². The SMILES string of the molecule is FC(F)c1cc(I)nc(CCl)c1I. The summed E-state index contributed by atoms with van der Waals surface area (Å²) in [5.74, 6) is 0.162. The fourth-order valence-electron chi connectivity index (χ4n) is 0.816. The van der Waals surface area contributed by atoms with E-state index >= 15 is 0 Å². The average Bonchev–Trinajstić information content (AvgIpc) is 2.08. The molecule has 0 atom stereocenters. The van der Waals surface area contributed by atoms with E-state index in [9.17, 15) is 8.78 Å². The lowest BCUT2D eigenvalue weighted by atomic mass is 10.2. The number of hydrogen-bond donors (Lipinski definition) is 0. The Kier molecular flexibility index (Phi) is 4.56. The van der Waals surface area contributed by atoms with E-state index in [0.717, 1.165) is 0 Å². The molecule has 0 aromatic carbocycles. The second kappa shape index (κ2) is 5.01. The molecule has 6 heteroatoms. The normalized spacial score (nSPS) is 10.9. The number of halogens is 5. The second-order valence-electron chi connectivity index (χ2n) is 2.23. The minimum Gasteiger partial charge on any atom is -0.245 e. The first-order chi connectivity index (χ1) is 6.06. The molecule has 0 N–H and O–H groups in total. The predicted molar refractivity (Wildman–Crippen MR) is 64.2 cm³/mol. The number of alkyl halides is 3. The lowest BCUT2D eigenvalue weighted by Gasteiger charge is -2.07. The Morgan fingerprint density at radius 1 is 1.46 bits per heavy atom. The molecule has 0 aliphatic heterocycles. The summed E-state index contributed by atoms with van der Waals surface area (Å²) in [6, 6.07) is 1.38. The maximum Gasteiger partial charge on any atom is 0.265 e. The maximum atomic E-state index is 12.4. The Morgan fingerprint density at radius 3 is 2.54 bits per heavy atom. The van der Waals surface area contributed by atoms with Crippen LogP contribution in [0.4, 0.5) is 8.78 Å². The molecule has 0 fully saturated rings. The van der Waals surface area contributed by atoms with E-state index in [1.807, 2.05) is 45.2 Å². The Bertz CT molecular complexity index is 320. The van der Waals surface area contributed by atoms with Gasteiger partial charge in [-0.25, -0.2) is 13.8 Å². The predicted octanol–water partition coefficient (Wildman–Crippen LogP) is 3.97. The van der Waals surface area contributed by atoms with Crippen LogP contribution in [-0.2, 0) is 5.88 Å². The van der Waals surface area contributed by atoms with Crippen LogP contribution in [0, 0.1) is 7.27 Å². The van der Waals surface area contributed by atoms with Crippen LogP contribution in [0.15, 0.2) is 6.07 Å². The molecule has 1 aromatic heterocycles. The fraction of sp³-hybridized carbons (Fsp3) is 0.286. The molecule has 0 amide bonds. The molecule has 0 aliphatic rings. The number of hydrogen-bond acceptors (Lipinski definition) is 1. The molecule has 0 aliphatic carbocycles. The van der Waals surface area contributed by atoms with Crippen LogP contribution < -0.4 is 0 Å². The molecule has 1 rings (SSSR count). The third kappa shape index (κ3) is 2.85. The van der Waals surface area contributed by atoms with Gasteiger partial charge in [-0.2, -0.15) is 0 Å². The standard InChI is InChI=1S/C7H4ClF2I2N/c8-2-4-6(12)3(7(9)10)1-5(11)13-4/h1,7H,2H2. The van der Waals surface area contributed by atoms with E-state index in [1.54, 1.807) is 0 Å². The first-order valence-electron chi connectivity index (χ1n) is 3.25. The molecule has 0 unspecified atom stereocenters. The van der Waals surface area contributed by atoms with Gasteiger partial charge in [0.15, 0.2) is 0 Å². The van der Waals surface area contributed by atoms with Crippen molar-refractivity contribution < 1.29 is 8.78 Å². The van der Waals surface area contributed by atoms with Crippen LogP contribution in [-0.4, -0.2) is 4.98 Å². The summed E-state index contributed by atoms with van der Waals surface area (Å²) >= 11 is 9.31. The Labute approximate surface area is 107 Å². The number of rotatable bonds is 2. The third-order valence-electron chi connectivity index (χ3n) is 1.38. The average molecular weight is 429 g/mol. The molecule has 72 valence electrons. The van der Waals surface area contributed by atoms with E-state index in [2.05, 4.69) is 4.98 Å². The zero-order valence-electron chi connectivity index (χ0n) is 6.20. The molecule has 0 radical (unpaired) electrons. The van der Waals surface area contributed by atoms with Gasteiger partial charge in [0.1, 0.15) is 3.70 Å². The quantitative estimate of drug-likeness (QED) is 0.394. The molecular weight excluding hydrogens is 425 g/mol. The van der Waals surface area contributed by atoms with Crippen LogP contribution in [0.5, 0.6) is 0 Å². The van der Waals surface area contributed by atoms with E-state index < -0.39 is 6.43 Å². The van der Waals surface area contributed by atoms with Gasteiger partial charge in [0.05, 0.1) is 11.6 Å². The highest BCUT2D eigenvalue weighted by Gasteiger charge is 2.16. The van der Waals surface area contributed by atoms with Crippen molar-refractivity contribution >= 4 is 56.8 Å². The molecule has 1 nitrogen and oxygen atoms in total. The van der Waals surface area contributed by atoms with E-state index in [4.69, 9.17) is 11.6 Å². The summed E-state index contributed by atoms with van der Waals surface area (Å²) in [4.78, 5) is 4.05. The summed E-state index contributed by atoms with van der Waals surface area (Å²) < 4.78 is 25.9. The summed E-state index contributed by atoms with van der Waals surface area (Å²) in [7, 11) is 0. The first-order valence-corrected chi connectivity index (χ1v) is 5.94. The Morgan fingerprint density at radius 2 is 2.08 bits per heavy atom. The zero-order valence-corrected chi connectivity index (χ0v) is 11.3. The summed E-state index contributed by atoms with van der Waals surface area (Å²) in [6.07, 6.45) is -2.47. The fourth-order valence-corrected chi connectivity index (χ4v) is 2.56. The topological polar surface area (TPSA) is 12.9 Å². The molecule has 0 saturated carbocycles. The molecular formula is C7H4ClF2I2N. The smallest absolute Gasteiger partial charge is 0.245 e. The van der Waals surface area contributed by atoms with Gasteiger partial charge in [0, 0.05) is 9.13 Å². The minimum absolute atomic E-state index is 0.00986. The van der Waals surface area contributed by atoms with Gasteiger partial charge in [0.25, 0.3) is 6.43 Å². The number of aromatic nitrogens is 1. The van der Waals surface area contributed by atoms with Crippen molar-refractivity contribution in [2.24, 2.45) is 0 Å². The molecule has 0 saturated heterocycles.